The van der Waals surface area contributed by atoms with E-state index in [1.807, 2.05) is 18.2 Å². The first kappa shape index (κ1) is 18.2. The molecule has 4 nitrogen and oxygen atoms in total. The van der Waals surface area contributed by atoms with Gasteiger partial charge in [0.25, 0.3) is 5.91 Å². The van der Waals surface area contributed by atoms with E-state index >= 15 is 0 Å². The van der Waals surface area contributed by atoms with Gasteiger partial charge >= 0.3 is 0 Å². The lowest BCUT2D eigenvalue weighted by atomic mass is 10.1. The average Bonchev–Trinajstić information content (AvgIpc) is 2.64. The minimum Gasteiger partial charge on any atom is -0.320 e. The van der Waals surface area contributed by atoms with Gasteiger partial charge in [-0.1, -0.05) is 30.2 Å². The lowest BCUT2D eigenvalue weighted by Crippen LogP contribution is -2.31. The van der Waals surface area contributed by atoms with E-state index in [4.69, 9.17) is 11.6 Å². The van der Waals surface area contributed by atoms with Gasteiger partial charge < -0.3 is 10.2 Å². The first-order valence-electron chi connectivity index (χ1n) is 8.60. The molecule has 1 saturated heterocycles. The molecule has 2 aromatic rings. The monoisotopic (exact) mass is 375 g/mol. The number of likely N-dealkylation sites (tertiary alicyclic amines) is 1. The van der Waals surface area contributed by atoms with Crippen LogP contribution in [0, 0.1) is 0 Å². The van der Waals surface area contributed by atoms with Crippen molar-refractivity contribution in [2.75, 3.05) is 30.7 Å². The predicted molar refractivity (Wildman–Crippen MR) is 105 cm³/mol. The van der Waals surface area contributed by atoms with E-state index in [2.05, 4.69) is 15.2 Å². The highest BCUT2D eigenvalue weighted by Gasteiger charge is 2.14. The van der Waals surface area contributed by atoms with Gasteiger partial charge in [-0.15, -0.1) is 11.8 Å². The number of aromatic nitrogens is 1. The van der Waals surface area contributed by atoms with Crippen molar-refractivity contribution in [1.82, 2.24) is 9.88 Å². The molecule has 1 amide bonds. The Balaban J connectivity index is 1.60. The minimum absolute atomic E-state index is 0.212. The number of piperidine rings is 1. The summed E-state index contributed by atoms with van der Waals surface area (Å²) in [4.78, 5) is 19.4. The third kappa shape index (κ3) is 5.21. The van der Waals surface area contributed by atoms with Crippen LogP contribution >= 0.6 is 23.4 Å². The molecule has 0 saturated carbocycles. The predicted octanol–water partition coefficient (Wildman–Crippen LogP) is 4.57. The molecule has 0 bridgehead atoms. The Hall–Kier alpha value is -1.56. The largest absolute Gasteiger partial charge is 0.320 e. The van der Waals surface area contributed by atoms with Gasteiger partial charge in [-0.25, -0.2) is 4.98 Å². The zero-order valence-electron chi connectivity index (χ0n) is 14.1. The smallest absolute Gasteiger partial charge is 0.257 e. The second-order valence-corrected chi connectivity index (χ2v) is 7.53. The number of benzene rings is 1. The second-order valence-electron chi connectivity index (χ2n) is 6.04. The van der Waals surface area contributed by atoms with Gasteiger partial charge in [0.2, 0.25) is 0 Å². The van der Waals surface area contributed by atoms with Crippen LogP contribution in [-0.4, -0.2) is 41.2 Å². The van der Waals surface area contributed by atoms with Crippen molar-refractivity contribution in [2.24, 2.45) is 0 Å². The SMILES string of the molecule is O=C(Nc1cccnc1SCCN1CCCCC1)c1ccccc1Cl. The Morgan fingerprint density at radius 3 is 2.76 bits per heavy atom. The topological polar surface area (TPSA) is 45.2 Å². The number of hydrogen-bond donors (Lipinski definition) is 1. The van der Waals surface area contributed by atoms with E-state index in [0.717, 1.165) is 23.0 Å². The fourth-order valence-corrected chi connectivity index (χ4v) is 4.06. The van der Waals surface area contributed by atoms with E-state index < -0.39 is 0 Å². The number of nitrogens with zero attached hydrogens (tertiary/aromatic N) is 2. The molecule has 0 radical (unpaired) electrons. The molecule has 132 valence electrons. The summed E-state index contributed by atoms with van der Waals surface area (Å²) in [6, 6.07) is 10.8. The average molecular weight is 376 g/mol. The number of amides is 1. The van der Waals surface area contributed by atoms with Crippen molar-refractivity contribution < 1.29 is 4.79 Å². The molecule has 2 heterocycles. The zero-order valence-corrected chi connectivity index (χ0v) is 15.7. The molecule has 3 rings (SSSR count). The van der Waals surface area contributed by atoms with Gasteiger partial charge in [0.1, 0.15) is 5.03 Å². The Morgan fingerprint density at radius 1 is 1.16 bits per heavy atom. The summed E-state index contributed by atoms with van der Waals surface area (Å²) in [5.41, 5.74) is 1.20. The summed E-state index contributed by atoms with van der Waals surface area (Å²) in [5, 5.41) is 4.23. The van der Waals surface area contributed by atoms with Crippen LogP contribution in [0.1, 0.15) is 29.6 Å². The number of hydrogen-bond acceptors (Lipinski definition) is 4. The van der Waals surface area contributed by atoms with Crippen molar-refractivity contribution in [3.63, 3.8) is 0 Å². The number of thioether (sulfide) groups is 1. The van der Waals surface area contributed by atoms with E-state index in [0.29, 0.717) is 10.6 Å². The fraction of sp³-hybridized carbons (Fsp3) is 0.368. The highest BCUT2D eigenvalue weighted by atomic mass is 35.5. The zero-order chi connectivity index (χ0) is 17.5. The molecule has 1 aromatic carbocycles. The molecule has 1 fully saturated rings. The molecule has 6 heteroatoms. The number of pyridine rings is 1. The number of carbonyl (C=O) groups excluding carboxylic acids is 1. The summed E-state index contributed by atoms with van der Waals surface area (Å²) in [5.74, 6) is 0.753. The van der Waals surface area contributed by atoms with Crippen LogP contribution in [-0.2, 0) is 0 Å². The van der Waals surface area contributed by atoms with E-state index in [-0.39, 0.29) is 5.91 Å². The summed E-state index contributed by atoms with van der Waals surface area (Å²) in [6.07, 6.45) is 5.71. The highest BCUT2D eigenvalue weighted by molar-refractivity contribution is 7.99. The van der Waals surface area contributed by atoms with Crippen molar-refractivity contribution >= 4 is 35.0 Å². The van der Waals surface area contributed by atoms with Crippen molar-refractivity contribution in [2.45, 2.75) is 24.3 Å². The van der Waals surface area contributed by atoms with Crippen LogP contribution < -0.4 is 5.32 Å². The summed E-state index contributed by atoms with van der Waals surface area (Å²) in [7, 11) is 0. The quantitative estimate of drug-likeness (QED) is 0.751. The molecule has 1 N–H and O–H groups in total. The molecule has 1 aliphatic heterocycles. The summed E-state index contributed by atoms with van der Waals surface area (Å²) < 4.78 is 0. The normalized spacial score (nSPS) is 15.1. The van der Waals surface area contributed by atoms with Crippen LogP contribution in [0.2, 0.25) is 5.02 Å². The van der Waals surface area contributed by atoms with Crippen molar-refractivity contribution in [1.29, 1.82) is 0 Å². The first-order chi connectivity index (χ1) is 12.2. The maximum atomic E-state index is 12.5. The van der Waals surface area contributed by atoms with Gasteiger partial charge in [0.05, 0.1) is 16.3 Å². The fourth-order valence-electron chi connectivity index (χ4n) is 2.89. The van der Waals surface area contributed by atoms with Crippen LogP contribution in [0.3, 0.4) is 0 Å². The molecule has 1 aliphatic rings. The van der Waals surface area contributed by atoms with Crippen molar-refractivity contribution in [3.05, 3.63) is 53.2 Å². The minimum atomic E-state index is -0.212. The summed E-state index contributed by atoms with van der Waals surface area (Å²) in [6.45, 7) is 3.44. The number of nitrogens with one attached hydrogen (secondary N) is 1. The second kappa shape index (κ2) is 9.22. The lowest BCUT2D eigenvalue weighted by molar-refractivity contribution is 0.102. The van der Waals surface area contributed by atoms with Gasteiger partial charge in [-0.3, -0.25) is 4.79 Å². The van der Waals surface area contributed by atoms with Crippen LogP contribution in [0.4, 0.5) is 5.69 Å². The lowest BCUT2D eigenvalue weighted by Gasteiger charge is -2.26. The van der Waals surface area contributed by atoms with Crippen molar-refractivity contribution in [3.8, 4) is 0 Å². The highest BCUT2D eigenvalue weighted by Crippen LogP contribution is 2.26. The standard InChI is InChI=1S/C19H22ClN3OS/c20-16-8-3-2-7-15(16)18(24)22-17-9-6-10-21-19(17)25-14-13-23-11-4-1-5-12-23/h2-3,6-10H,1,4-5,11-14H2,(H,22,24). The first-order valence-corrected chi connectivity index (χ1v) is 9.96. The Kier molecular flexibility index (Phi) is 6.73. The maximum Gasteiger partial charge on any atom is 0.257 e. The van der Waals surface area contributed by atoms with E-state index in [9.17, 15) is 4.79 Å². The number of anilines is 1. The number of halogens is 1. The molecule has 25 heavy (non-hydrogen) atoms. The summed E-state index contributed by atoms with van der Waals surface area (Å²) >= 11 is 7.79. The van der Waals surface area contributed by atoms with Gasteiger partial charge in [-0.05, 0) is 50.2 Å². The Labute approximate surface area is 158 Å². The number of carbonyl (C=O) groups is 1. The van der Waals surface area contributed by atoms with Crippen LogP contribution in [0.25, 0.3) is 0 Å². The molecule has 0 atom stereocenters. The van der Waals surface area contributed by atoms with E-state index in [1.54, 1.807) is 36.2 Å². The molecule has 1 aromatic heterocycles. The molecule has 0 aliphatic carbocycles. The Morgan fingerprint density at radius 2 is 1.96 bits per heavy atom. The third-order valence-electron chi connectivity index (χ3n) is 4.23. The maximum absolute atomic E-state index is 12.5. The van der Waals surface area contributed by atoms with Gasteiger partial charge in [-0.2, -0.15) is 0 Å². The number of rotatable bonds is 6. The van der Waals surface area contributed by atoms with Gasteiger partial charge in [0, 0.05) is 18.5 Å². The van der Waals surface area contributed by atoms with E-state index in [1.165, 1.54) is 32.4 Å². The third-order valence-corrected chi connectivity index (χ3v) is 5.55. The molecular formula is C19H22ClN3OS. The Bertz CT molecular complexity index is 719. The van der Waals surface area contributed by atoms with Crippen LogP contribution in [0.15, 0.2) is 47.6 Å². The van der Waals surface area contributed by atoms with Gasteiger partial charge in [0.15, 0.2) is 0 Å². The molecular weight excluding hydrogens is 354 g/mol. The molecule has 0 unspecified atom stereocenters. The van der Waals surface area contributed by atoms with Crippen LogP contribution in [0.5, 0.6) is 0 Å². The molecule has 0 spiro atoms.